The van der Waals surface area contributed by atoms with E-state index < -0.39 is 0 Å². The van der Waals surface area contributed by atoms with Gasteiger partial charge < -0.3 is 25.0 Å². The maximum Gasteiger partial charge on any atom is 0.222 e. The summed E-state index contributed by atoms with van der Waals surface area (Å²) in [4.78, 5) is 27.2. The Hall–Kier alpha value is -2.28. The van der Waals surface area contributed by atoms with Gasteiger partial charge in [-0.15, -0.1) is 0 Å². The Kier molecular flexibility index (Phi) is 4.38. The number of rotatable bonds is 4. The molecule has 7 heteroatoms. The number of carbonyl (C=O) groups excluding carboxylic acids is 2. The highest BCUT2D eigenvalue weighted by Gasteiger charge is 2.30. The third-order valence-corrected chi connectivity index (χ3v) is 4.45. The number of aromatic hydroxyl groups is 1. The minimum atomic E-state index is -0.0736. The molecule has 2 aliphatic heterocycles. The molecule has 1 unspecified atom stereocenters. The number of aldehydes is 1. The molecule has 1 atom stereocenters. The summed E-state index contributed by atoms with van der Waals surface area (Å²) < 4.78 is 5.25. The molecule has 124 valence electrons. The number of benzene rings is 1. The minimum Gasteiger partial charge on any atom is -0.507 e. The van der Waals surface area contributed by atoms with Crippen LogP contribution in [0.4, 0.5) is 11.4 Å². The van der Waals surface area contributed by atoms with Gasteiger partial charge in [-0.2, -0.15) is 0 Å². The summed E-state index contributed by atoms with van der Waals surface area (Å²) in [6, 6.07) is 3.25. The van der Waals surface area contributed by atoms with Crippen molar-refractivity contribution in [2.24, 2.45) is 0 Å². The molecule has 0 aliphatic carbocycles. The van der Waals surface area contributed by atoms with Gasteiger partial charge in [-0.05, 0) is 18.6 Å². The molecule has 1 aromatic rings. The van der Waals surface area contributed by atoms with E-state index in [0.29, 0.717) is 51.1 Å². The standard InChI is InChI=1S/C16H21N3O4/c1-18-14(4-5-15(22)19-6-8-23-9-7-19)17-12-2-3-13(21)11(10-20)16(12)18/h2-3,10,14,17,21H,4-9H2,1H3. The molecule has 0 saturated carbocycles. The first-order valence-electron chi connectivity index (χ1n) is 7.78. The Bertz CT molecular complexity index is 614. The van der Waals surface area contributed by atoms with Crippen molar-refractivity contribution in [3.8, 4) is 5.75 Å². The van der Waals surface area contributed by atoms with Crippen LogP contribution in [0.2, 0.25) is 0 Å². The molecular weight excluding hydrogens is 298 g/mol. The van der Waals surface area contributed by atoms with Crippen molar-refractivity contribution in [3.63, 3.8) is 0 Å². The lowest BCUT2D eigenvalue weighted by Crippen LogP contribution is -2.41. The molecule has 1 amide bonds. The van der Waals surface area contributed by atoms with Gasteiger partial charge in [0.25, 0.3) is 0 Å². The van der Waals surface area contributed by atoms with Gasteiger partial charge in [-0.25, -0.2) is 0 Å². The smallest absolute Gasteiger partial charge is 0.222 e. The number of nitrogens with zero attached hydrogens (tertiary/aromatic N) is 2. The predicted octanol–water partition coefficient (Wildman–Crippen LogP) is 1.03. The highest BCUT2D eigenvalue weighted by Crippen LogP contribution is 2.40. The Morgan fingerprint density at radius 2 is 2.17 bits per heavy atom. The van der Waals surface area contributed by atoms with Gasteiger partial charge in [0.1, 0.15) is 5.75 Å². The Balaban J connectivity index is 1.64. The lowest BCUT2D eigenvalue weighted by Gasteiger charge is -2.28. The lowest BCUT2D eigenvalue weighted by molar-refractivity contribution is -0.135. The number of fused-ring (bicyclic) bond motifs is 1. The van der Waals surface area contributed by atoms with E-state index in [1.165, 1.54) is 6.07 Å². The Morgan fingerprint density at radius 1 is 1.43 bits per heavy atom. The van der Waals surface area contributed by atoms with Crippen molar-refractivity contribution in [2.45, 2.75) is 19.0 Å². The number of nitrogens with one attached hydrogen (secondary N) is 1. The molecule has 7 nitrogen and oxygen atoms in total. The first-order chi connectivity index (χ1) is 11.1. The van der Waals surface area contributed by atoms with Gasteiger partial charge in [-0.1, -0.05) is 0 Å². The average Bonchev–Trinajstić information content (AvgIpc) is 2.90. The summed E-state index contributed by atoms with van der Waals surface area (Å²) >= 11 is 0. The molecule has 2 N–H and O–H groups in total. The number of amides is 1. The van der Waals surface area contributed by atoms with E-state index in [4.69, 9.17) is 4.74 Å². The molecule has 0 spiro atoms. The minimum absolute atomic E-state index is 0.0301. The topological polar surface area (TPSA) is 82.1 Å². The number of hydrogen-bond donors (Lipinski definition) is 2. The van der Waals surface area contributed by atoms with Crippen LogP contribution in [-0.2, 0) is 9.53 Å². The summed E-state index contributed by atoms with van der Waals surface area (Å²) in [5.41, 5.74) is 1.76. The van der Waals surface area contributed by atoms with Crippen molar-refractivity contribution in [1.29, 1.82) is 0 Å². The van der Waals surface area contributed by atoms with Crippen molar-refractivity contribution in [1.82, 2.24) is 4.90 Å². The number of phenolic OH excluding ortho intramolecular Hbond substituents is 1. The van der Waals surface area contributed by atoms with Gasteiger partial charge in [-0.3, -0.25) is 9.59 Å². The molecule has 3 rings (SSSR count). The third kappa shape index (κ3) is 2.96. The number of morpholine rings is 1. The van der Waals surface area contributed by atoms with E-state index in [9.17, 15) is 14.7 Å². The number of hydrogen-bond acceptors (Lipinski definition) is 6. The molecule has 1 saturated heterocycles. The monoisotopic (exact) mass is 319 g/mol. The highest BCUT2D eigenvalue weighted by atomic mass is 16.5. The van der Waals surface area contributed by atoms with Crippen molar-refractivity contribution < 1.29 is 19.4 Å². The number of phenols is 1. The van der Waals surface area contributed by atoms with E-state index >= 15 is 0 Å². The first kappa shape index (κ1) is 15.6. The zero-order valence-corrected chi connectivity index (χ0v) is 13.1. The number of carbonyl (C=O) groups is 2. The van der Waals surface area contributed by atoms with Crippen molar-refractivity contribution >= 4 is 23.6 Å². The first-order valence-corrected chi connectivity index (χ1v) is 7.78. The van der Waals surface area contributed by atoms with Gasteiger partial charge in [0.2, 0.25) is 5.91 Å². The molecule has 2 aliphatic rings. The Labute approximate surface area is 134 Å². The maximum atomic E-state index is 12.2. The summed E-state index contributed by atoms with van der Waals surface area (Å²) in [5.74, 6) is 0.0929. The quantitative estimate of drug-likeness (QED) is 0.637. The summed E-state index contributed by atoms with van der Waals surface area (Å²) in [7, 11) is 1.86. The highest BCUT2D eigenvalue weighted by molar-refractivity contribution is 5.96. The molecule has 2 heterocycles. The van der Waals surface area contributed by atoms with Gasteiger partial charge in [0, 0.05) is 26.6 Å². The van der Waals surface area contributed by atoms with Crippen molar-refractivity contribution in [3.05, 3.63) is 17.7 Å². The van der Waals surface area contributed by atoms with Crippen LogP contribution < -0.4 is 10.2 Å². The molecule has 0 radical (unpaired) electrons. The fourth-order valence-corrected chi connectivity index (χ4v) is 3.14. The normalized spacial score (nSPS) is 20.1. The van der Waals surface area contributed by atoms with E-state index in [1.807, 2.05) is 16.8 Å². The van der Waals surface area contributed by atoms with Crippen LogP contribution in [0.3, 0.4) is 0 Å². The maximum absolute atomic E-state index is 12.2. The molecule has 0 aromatic heterocycles. The molecule has 1 fully saturated rings. The van der Waals surface area contributed by atoms with Crippen LogP contribution >= 0.6 is 0 Å². The van der Waals surface area contributed by atoms with Crippen LogP contribution in [-0.4, -0.2) is 61.7 Å². The lowest BCUT2D eigenvalue weighted by atomic mass is 10.1. The van der Waals surface area contributed by atoms with Crippen LogP contribution in [0, 0.1) is 0 Å². The largest absolute Gasteiger partial charge is 0.507 e. The third-order valence-electron chi connectivity index (χ3n) is 4.45. The SMILES string of the molecule is CN1c2c(ccc(O)c2C=O)NC1CCC(=O)N1CCOCC1. The van der Waals surface area contributed by atoms with Crippen LogP contribution in [0.15, 0.2) is 12.1 Å². The molecule has 23 heavy (non-hydrogen) atoms. The molecule has 0 bridgehead atoms. The summed E-state index contributed by atoms with van der Waals surface area (Å²) in [6.45, 7) is 2.49. The number of ether oxygens (including phenoxy) is 1. The second kappa shape index (κ2) is 6.45. The van der Waals surface area contributed by atoms with E-state index in [2.05, 4.69) is 5.32 Å². The second-order valence-electron chi connectivity index (χ2n) is 5.82. The molecule has 1 aromatic carbocycles. The van der Waals surface area contributed by atoms with Crippen molar-refractivity contribution in [2.75, 3.05) is 43.6 Å². The van der Waals surface area contributed by atoms with Gasteiger partial charge >= 0.3 is 0 Å². The fourth-order valence-electron chi connectivity index (χ4n) is 3.14. The van der Waals surface area contributed by atoms with E-state index in [0.717, 1.165) is 5.69 Å². The summed E-state index contributed by atoms with van der Waals surface area (Å²) in [6.07, 6.45) is 1.64. The summed E-state index contributed by atoms with van der Waals surface area (Å²) in [5, 5.41) is 13.1. The van der Waals surface area contributed by atoms with E-state index in [-0.39, 0.29) is 23.4 Å². The van der Waals surface area contributed by atoms with E-state index in [1.54, 1.807) is 6.07 Å². The predicted molar refractivity (Wildman–Crippen MR) is 85.9 cm³/mol. The van der Waals surface area contributed by atoms with Gasteiger partial charge in [0.05, 0.1) is 36.3 Å². The zero-order valence-electron chi connectivity index (χ0n) is 13.1. The zero-order chi connectivity index (χ0) is 16.4. The Morgan fingerprint density at radius 3 is 2.87 bits per heavy atom. The van der Waals surface area contributed by atoms with Crippen LogP contribution in [0.5, 0.6) is 5.75 Å². The average molecular weight is 319 g/mol. The van der Waals surface area contributed by atoms with Crippen LogP contribution in [0.25, 0.3) is 0 Å². The van der Waals surface area contributed by atoms with Crippen LogP contribution in [0.1, 0.15) is 23.2 Å². The number of anilines is 2. The second-order valence-corrected chi connectivity index (χ2v) is 5.82. The fraction of sp³-hybridized carbons (Fsp3) is 0.500. The van der Waals surface area contributed by atoms with Gasteiger partial charge in [0.15, 0.2) is 6.29 Å². The molecular formula is C16H21N3O4.